The molecule has 1 aromatic carbocycles. The second kappa shape index (κ2) is 12.0. The monoisotopic (exact) mass is 541 g/mol. The summed E-state index contributed by atoms with van der Waals surface area (Å²) in [5.74, 6) is -1.99. The highest BCUT2D eigenvalue weighted by Crippen LogP contribution is 2.20. The van der Waals surface area contributed by atoms with Gasteiger partial charge in [0.1, 0.15) is 12.1 Å². The average Bonchev–Trinajstić information content (AvgIpc) is 3.40. The normalized spacial score (nSPS) is 11.0. The number of aromatic amines is 1. The first-order valence-electron chi connectivity index (χ1n) is 11.8. The highest BCUT2D eigenvalue weighted by molar-refractivity contribution is 5.82. The number of aromatic hydroxyl groups is 2. The summed E-state index contributed by atoms with van der Waals surface area (Å²) < 4.78 is 12.4. The number of nitrogens with one attached hydrogen (secondary N) is 2. The smallest absolute Gasteiger partial charge is 0.333 e. The van der Waals surface area contributed by atoms with E-state index in [9.17, 15) is 24.6 Å². The third-order valence-electron chi connectivity index (χ3n) is 5.55. The van der Waals surface area contributed by atoms with Crippen molar-refractivity contribution in [2.75, 3.05) is 26.1 Å². The minimum Gasteiger partial charge on any atom is -0.492 e. The van der Waals surface area contributed by atoms with E-state index in [0.29, 0.717) is 22.5 Å². The fourth-order valence-corrected chi connectivity index (χ4v) is 3.55. The van der Waals surface area contributed by atoms with E-state index in [1.807, 2.05) is 0 Å². The molecular formula is C24H27N7O8. The van der Waals surface area contributed by atoms with Crippen LogP contribution in [-0.4, -0.2) is 66.7 Å². The number of rotatable bonds is 12. The Morgan fingerprint density at radius 3 is 2.41 bits per heavy atom. The molecule has 4 rings (SSSR count). The number of hydrogen-bond acceptors (Lipinski definition) is 11. The van der Waals surface area contributed by atoms with Crippen LogP contribution in [0.3, 0.4) is 0 Å². The van der Waals surface area contributed by atoms with Crippen molar-refractivity contribution in [2.45, 2.75) is 25.9 Å². The first kappa shape index (κ1) is 27.0. The number of nitrogens with two attached hydrogens (primary N) is 1. The van der Waals surface area contributed by atoms with Crippen LogP contribution in [0.25, 0.3) is 11.2 Å². The third-order valence-corrected chi connectivity index (χ3v) is 5.55. The topological polar surface area (TPSA) is 209 Å². The number of benzene rings is 1. The molecule has 1 amide bonds. The number of ether oxygens (including phenoxy) is 2. The molecule has 0 saturated carbocycles. The van der Waals surface area contributed by atoms with Crippen LogP contribution < -0.4 is 26.3 Å². The average molecular weight is 542 g/mol. The van der Waals surface area contributed by atoms with Crippen LogP contribution in [0.5, 0.6) is 17.8 Å². The number of nitrogen functional groups attached to an aromatic ring is 1. The number of carbonyl (C=O) groups excluding carboxylic acids is 2. The van der Waals surface area contributed by atoms with Gasteiger partial charge in [0, 0.05) is 32.2 Å². The van der Waals surface area contributed by atoms with Crippen molar-refractivity contribution < 1.29 is 34.1 Å². The standard InChI is InChI=1S/C24H27N7O8/c1-37-10-11-38-23-28-21(25)20-22(29-23)30(24(36)27-20)13-15-4-2-14(3-5-15)12-26-16(32)6-9-19(35)39-31-17(33)7-8-18(31)34/h2-5,7-8,33-34H,6,9-13H2,1H3,(H,26,32)(H,27,36)(H2,25,28,29). The quantitative estimate of drug-likeness (QED) is 0.151. The molecule has 39 heavy (non-hydrogen) atoms. The lowest BCUT2D eigenvalue weighted by atomic mass is 10.1. The van der Waals surface area contributed by atoms with Gasteiger partial charge in [-0.25, -0.2) is 9.59 Å². The molecule has 0 bridgehead atoms. The fourth-order valence-electron chi connectivity index (χ4n) is 3.55. The van der Waals surface area contributed by atoms with Gasteiger partial charge in [0.25, 0.3) is 0 Å². The minimum atomic E-state index is -0.801. The van der Waals surface area contributed by atoms with Gasteiger partial charge in [-0.1, -0.05) is 24.3 Å². The number of amides is 1. The van der Waals surface area contributed by atoms with Gasteiger partial charge in [-0.15, -0.1) is 4.73 Å². The first-order valence-corrected chi connectivity index (χ1v) is 11.8. The number of fused-ring (bicyclic) bond motifs is 1. The highest BCUT2D eigenvalue weighted by Gasteiger charge is 2.16. The number of hydrogen-bond donors (Lipinski definition) is 5. The lowest BCUT2D eigenvalue weighted by molar-refractivity contribution is -0.146. The Hall–Kier alpha value is -5.05. The first-order chi connectivity index (χ1) is 18.7. The molecule has 206 valence electrons. The van der Waals surface area contributed by atoms with Gasteiger partial charge in [0.05, 0.1) is 19.6 Å². The zero-order chi connectivity index (χ0) is 27.9. The van der Waals surface area contributed by atoms with E-state index in [2.05, 4.69) is 20.3 Å². The number of anilines is 1. The Kier molecular flexibility index (Phi) is 8.30. The summed E-state index contributed by atoms with van der Waals surface area (Å²) in [6.07, 6.45) is -0.403. The summed E-state index contributed by atoms with van der Waals surface area (Å²) in [5, 5.41) is 21.7. The molecule has 0 unspecified atom stereocenters. The number of H-pyrrole nitrogens is 1. The van der Waals surface area contributed by atoms with E-state index in [1.54, 1.807) is 24.3 Å². The second-order valence-corrected chi connectivity index (χ2v) is 8.35. The SMILES string of the molecule is COCCOc1nc(N)c2[nH]c(=O)n(Cc3ccc(CNC(=O)CCC(=O)On4c(O)ccc4O)cc3)c2n1. The lowest BCUT2D eigenvalue weighted by Crippen LogP contribution is -2.25. The van der Waals surface area contributed by atoms with Crippen LogP contribution in [-0.2, 0) is 27.4 Å². The van der Waals surface area contributed by atoms with Gasteiger partial charge in [0.15, 0.2) is 11.5 Å². The predicted octanol–water partition coefficient (Wildman–Crippen LogP) is 0.0398. The van der Waals surface area contributed by atoms with Crippen LogP contribution in [0.2, 0.25) is 0 Å². The van der Waals surface area contributed by atoms with Gasteiger partial charge in [0.2, 0.25) is 17.7 Å². The van der Waals surface area contributed by atoms with E-state index in [-0.39, 0.29) is 50.3 Å². The molecule has 15 nitrogen and oxygen atoms in total. The molecule has 0 atom stereocenters. The number of methoxy groups -OCH3 is 1. The van der Waals surface area contributed by atoms with Crippen LogP contribution in [0, 0.1) is 0 Å². The molecule has 0 aliphatic heterocycles. The molecule has 4 aromatic rings. The predicted molar refractivity (Wildman–Crippen MR) is 136 cm³/mol. The van der Waals surface area contributed by atoms with Crippen molar-refractivity contribution in [3.63, 3.8) is 0 Å². The number of aromatic nitrogens is 5. The minimum absolute atomic E-state index is 0.0326. The summed E-state index contributed by atoms with van der Waals surface area (Å²) in [7, 11) is 1.54. The molecule has 0 radical (unpaired) electrons. The van der Waals surface area contributed by atoms with Crippen LogP contribution in [0.15, 0.2) is 41.2 Å². The van der Waals surface area contributed by atoms with Crippen molar-refractivity contribution in [1.82, 2.24) is 29.6 Å². The van der Waals surface area contributed by atoms with Gasteiger partial charge in [-0.05, 0) is 11.1 Å². The maximum atomic E-state index is 12.6. The van der Waals surface area contributed by atoms with E-state index < -0.39 is 23.4 Å². The van der Waals surface area contributed by atoms with Gasteiger partial charge >= 0.3 is 17.7 Å². The maximum Gasteiger partial charge on any atom is 0.333 e. The summed E-state index contributed by atoms with van der Waals surface area (Å²) in [6.45, 7) is 0.979. The van der Waals surface area contributed by atoms with Gasteiger partial charge in [-0.3, -0.25) is 9.36 Å². The number of nitrogens with zero attached hydrogens (tertiary/aromatic N) is 4. The summed E-state index contributed by atoms with van der Waals surface area (Å²) >= 11 is 0. The molecule has 0 aliphatic rings. The Bertz CT molecular complexity index is 1500. The van der Waals surface area contributed by atoms with E-state index in [4.69, 9.17) is 20.0 Å². The largest absolute Gasteiger partial charge is 0.492 e. The zero-order valence-corrected chi connectivity index (χ0v) is 20.9. The van der Waals surface area contributed by atoms with Crippen LogP contribution >= 0.6 is 0 Å². The van der Waals surface area contributed by atoms with Gasteiger partial charge < -0.3 is 40.6 Å². The van der Waals surface area contributed by atoms with Crippen molar-refractivity contribution in [2.24, 2.45) is 0 Å². The summed E-state index contributed by atoms with van der Waals surface area (Å²) in [4.78, 5) is 52.4. The fraction of sp³-hybridized carbons (Fsp3) is 0.292. The summed E-state index contributed by atoms with van der Waals surface area (Å²) in [5.41, 5.74) is 7.77. The van der Waals surface area contributed by atoms with E-state index in [1.165, 1.54) is 11.7 Å². The Morgan fingerprint density at radius 1 is 1.03 bits per heavy atom. The molecule has 15 heteroatoms. The number of imidazole rings is 1. The third kappa shape index (κ3) is 6.64. The Morgan fingerprint density at radius 2 is 1.72 bits per heavy atom. The Balaban J connectivity index is 1.31. The lowest BCUT2D eigenvalue weighted by Gasteiger charge is -2.09. The molecule has 3 heterocycles. The van der Waals surface area contributed by atoms with Crippen LogP contribution in [0.4, 0.5) is 5.82 Å². The van der Waals surface area contributed by atoms with E-state index in [0.717, 1.165) is 23.3 Å². The van der Waals surface area contributed by atoms with Crippen molar-refractivity contribution in [3.05, 3.63) is 58.0 Å². The number of carbonyl (C=O) groups is 2. The molecular weight excluding hydrogens is 514 g/mol. The van der Waals surface area contributed by atoms with Crippen LogP contribution in [0.1, 0.15) is 24.0 Å². The van der Waals surface area contributed by atoms with Crippen molar-refractivity contribution in [1.29, 1.82) is 0 Å². The van der Waals surface area contributed by atoms with Crippen molar-refractivity contribution >= 4 is 28.9 Å². The van der Waals surface area contributed by atoms with Crippen molar-refractivity contribution in [3.8, 4) is 17.8 Å². The Labute approximate surface area is 220 Å². The zero-order valence-electron chi connectivity index (χ0n) is 20.9. The van der Waals surface area contributed by atoms with Gasteiger partial charge in [-0.2, -0.15) is 9.97 Å². The van der Waals surface area contributed by atoms with E-state index >= 15 is 0 Å². The molecule has 0 spiro atoms. The molecule has 6 N–H and O–H groups in total. The molecule has 0 fully saturated rings. The highest BCUT2D eigenvalue weighted by atomic mass is 16.7. The molecule has 3 aromatic heterocycles. The maximum absolute atomic E-state index is 12.6. The second-order valence-electron chi connectivity index (χ2n) is 8.35. The molecule has 0 aliphatic carbocycles. The molecule has 0 saturated heterocycles. The summed E-state index contributed by atoms with van der Waals surface area (Å²) in [6, 6.07) is 9.54.